The molecule has 1 aromatic rings. The Hall–Kier alpha value is -1.36. The van der Waals surface area contributed by atoms with Crippen LogP contribution < -0.4 is 0 Å². The molecule has 5 nitrogen and oxygen atoms in total. The van der Waals surface area contributed by atoms with Crippen LogP contribution in [0.2, 0.25) is 5.02 Å². The molecule has 0 amide bonds. The lowest BCUT2D eigenvalue weighted by atomic mass is 10.4. The molecule has 11 heavy (non-hydrogen) atoms. The smallest absolute Gasteiger partial charge is 0.382 e. The van der Waals surface area contributed by atoms with Crippen molar-refractivity contribution in [1.29, 1.82) is 0 Å². The highest BCUT2D eigenvalue weighted by Gasteiger charge is 2.13. The second kappa shape index (κ2) is 2.71. The summed E-state index contributed by atoms with van der Waals surface area (Å²) >= 11 is 5.36. The molecule has 0 bridgehead atoms. The van der Waals surface area contributed by atoms with Gasteiger partial charge in [-0.3, -0.25) is 0 Å². The number of aromatic nitrogens is 1. The van der Waals surface area contributed by atoms with Crippen molar-refractivity contribution in [2.75, 3.05) is 0 Å². The summed E-state index contributed by atoms with van der Waals surface area (Å²) in [7, 11) is 0. The molecule has 0 unspecified atom stereocenters. The largest absolute Gasteiger partial charge is 0.504 e. The third-order valence-electron chi connectivity index (χ3n) is 0.980. The zero-order valence-corrected chi connectivity index (χ0v) is 5.95. The molecule has 58 valence electrons. The topological polar surface area (TPSA) is 76.3 Å². The Kier molecular flexibility index (Phi) is 1.91. The minimum Gasteiger partial charge on any atom is -0.504 e. The summed E-state index contributed by atoms with van der Waals surface area (Å²) in [6.07, 6.45) is 0.962. The van der Waals surface area contributed by atoms with Crippen molar-refractivity contribution in [3.05, 3.63) is 27.4 Å². The summed E-state index contributed by atoms with van der Waals surface area (Å²) in [6.45, 7) is 0. The van der Waals surface area contributed by atoms with Gasteiger partial charge in [-0.25, -0.2) is 0 Å². The number of hydrogen-bond acceptors (Lipinski definition) is 4. The minimum absolute atomic E-state index is 0.171. The minimum atomic E-state index is -0.720. The third kappa shape index (κ3) is 1.56. The SMILES string of the molecule is O=[N+]([O-])c1ncc(O)cc1Cl. The van der Waals surface area contributed by atoms with Gasteiger partial charge in [0.15, 0.2) is 11.9 Å². The number of rotatable bonds is 1. The van der Waals surface area contributed by atoms with Crippen LogP contribution in [0.25, 0.3) is 0 Å². The monoisotopic (exact) mass is 174 g/mol. The number of pyridine rings is 1. The summed E-state index contributed by atoms with van der Waals surface area (Å²) in [6, 6.07) is 1.06. The van der Waals surface area contributed by atoms with Crippen LogP contribution in [0.5, 0.6) is 5.75 Å². The second-order valence-corrected chi connectivity index (χ2v) is 2.16. The van der Waals surface area contributed by atoms with Crippen molar-refractivity contribution in [3.8, 4) is 5.75 Å². The average molecular weight is 175 g/mol. The van der Waals surface area contributed by atoms with Gasteiger partial charge in [-0.15, -0.1) is 0 Å². The van der Waals surface area contributed by atoms with E-state index in [4.69, 9.17) is 16.7 Å². The van der Waals surface area contributed by atoms with Gasteiger partial charge in [-0.2, -0.15) is 0 Å². The molecule has 1 heterocycles. The first-order valence-corrected chi connectivity index (χ1v) is 2.98. The van der Waals surface area contributed by atoms with Crippen LogP contribution in [0.1, 0.15) is 0 Å². The van der Waals surface area contributed by atoms with Gasteiger partial charge in [0.2, 0.25) is 0 Å². The molecule has 1 N–H and O–H groups in total. The number of nitrogens with zero attached hydrogens (tertiary/aromatic N) is 2. The van der Waals surface area contributed by atoms with Gasteiger partial charge < -0.3 is 15.2 Å². The Morgan fingerprint density at radius 3 is 2.82 bits per heavy atom. The Morgan fingerprint density at radius 2 is 2.36 bits per heavy atom. The molecule has 0 saturated heterocycles. The molecule has 6 heteroatoms. The molecule has 0 saturated carbocycles. The molecule has 0 fully saturated rings. The fourth-order valence-electron chi connectivity index (χ4n) is 0.555. The lowest BCUT2D eigenvalue weighted by Gasteiger charge is -1.93. The van der Waals surface area contributed by atoms with Crippen molar-refractivity contribution in [2.45, 2.75) is 0 Å². The Morgan fingerprint density at radius 1 is 1.73 bits per heavy atom. The molecular weight excluding hydrogens is 172 g/mol. The molecule has 0 atom stereocenters. The fraction of sp³-hybridized carbons (Fsp3) is 0. The number of aromatic hydroxyl groups is 1. The molecule has 1 aromatic heterocycles. The van der Waals surface area contributed by atoms with Crippen molar-refractivity contribution in [2.24, 2.45) is 0 Å². The maximum absolute atomic E-state index is 10.1. The Bertz CT molecular complexity index is 302. The van der Waals surface area contributed by atoms with Crippen LogP contribution in [0.4, 0.5) is 5.82 Å². The number of nitro groups is 1. The fourth-order valence-corrected chi connectivity index (χ4v) is 0.785. The highest BCUT2D eigenvalue weighted by Crippen LogP contribution is 2.24. The van der Waals surface area contributed by atoms with Crippen molar-refractivity contribution >= 4 is 17.4 Å². The van der Waals surface area contributed by atoms with Gasteiger partial charge >= 0.3 is 5.82 Å². The van der Waals surface area contributed by atoms with E-state index in [1.165, 1.54) is 0 Å². The normalized spacial score (nSPS) is 9.55. The summed E-state index contributed by atoms with van der Waals surface area (Å²) < 4.78 is 0. The molecular formula is C5H3ClN2O3. The molecule has 0 aromatic carbocycles. The molecule has 1 rings (SSSR count). The lowest BCUT2D eigenvalue weighted by molar-refractivity contribution is -0.389. The predicted molar refractivity (Wildman–Crippen MR) is 37.6 cm³/mol. The highest BCUT2D eigenvalue weighted by atomic mass is 35.5. The Balaban J connectivity index is 3.20. The molecule has 0 aliphatic carbocycles. The van der Waals surface area contributed by atoms with E-state index in [9.17, 15) is 10.1 Å². The van der Waals surface area contributed by atoms with Gasteiger partial charge in [0.25, 0.3) is 0 Å². The third-order valence-corrected chi connectivity index (χ3v) is 1.26. The Labute approximate surface area is 66.4 Å². The average Bonchev–Trinajstić information content (AvgIpc) is 1.85. The first-order valence-electron chi connectivity index (χ1n) is 2.60. The molecule has 0 radical (unpaired) electrons. The maximum Gasteiger partial charge on any atom is 0.382 e. The molecule has 0 aliphatic heterocycles. The van der Waals surface area contributed by atoms with Crippen LogP contribution in [-0.2, 0) is 0 Å². The number of hydrogen-bond donors (Lipinski definition) is 1. The molecule has 0 spiro atoms. The van der Waals surface area contributed by atoms with E-state index in [1.807, 2.05) is 0 Å². The van der Waals surface area contributed by atoms with Crippen molar-refractivity contribution < 1.29 is 10.0 Å². The van der Waals surface area contributed by atoms with Crippen LogP contribution in [0, 0.1) is 10.1 Å². The van der Waals surface area contributed by atoms with Crippen molar-refractivity contribution in [1.82, 2.24) is 4.98 Å². The summed E-state index contributed by atoms with van der Waals surface area (Å²) in [5.41, 5.74) is 0. The van der Waals surface area contributed by atoms with Gasteiger partial charge in [-0.1, -0.05) is 11.6 Å². The van der Waals surface area contributed by atoms with E-state index in [-0.39, 0.29) is 10.8 Å². The highest BCUT2D eigenvalue weighted by molar-refractivity contribution is 6.32. The zero-order valence-electron chi connectivity index (χ0n) is 5.19. The van der Waals surface area contributed by atoms with Crippen LogP contribution in [-0.4, -0.2) is 15.0 Å². The van der Waals surface area contributed by atoms with Gasteiger partial charge in [0.05, 0.1) is 0 Å². The first kappa shape index (κ1) is 7.74. The predicted octanol–water partition coefficient (Wildman–Crippen LogP) is 1.35. The van der Waals surface area contributed by atoms with Crippen LogP contribution in [0.15, 0.2) is 12.3 Å². The van der Waals surface area contributed by atoms with Gasteiger partial charge in [0.1, 0.15) is 5.02 Å². The second-order valence-electron chi connectivity index (χ2n) is 1.76. The summed E-state index contributed by atoms with van der Waals surface area (Å²) in [5.74, 6) is -0.648. The zero-order chi connectivity index (χ0) is 8.43. The van der Waals surface area contributed by atoms with Crippen LogP contribution >= 0.6 is 11.6 Å². The van der Waals surface area contributed by atoms with E-state index >= 15 is 0 Å². The van der Waals surface area contributed by atoms with E-state index < -0.39 is 10.7 Å². The van der Waals surface area contributed by atoms with E-state index in [0.717, 1.165) is 12.3 Å². The lowest BCUT2D eigenvalue weighted by Crippen LogP contribution is -1.91. The van der Waals surface area contributed by atoms with E-state index in [2.05, 4.69) is 4.98 Å². The van der Waals surface area contributed by atoms with Gasteiger partial charge in [-0.05, 0) is 9.91 Å². The standard InChI is InChI=1S/C5H3ClN2O3/c6-4-1-3(9)2-7-5(4)8(10)11/h1-2,9H. The first-order chi connectivity index (χ1) is 5.11. The number of halogens is 1. The van der Waals surface area contributed by atoms with E-state index in [0.29, 0.717) is 0 Å². The van der Waals surface area contributed by atoms with Gasteiger partial charge in [0, 0.05) is 6.07 Å². The van der Waals surface area contributed by atoms with Crippen LogP contribution in [0.3, 0.4) is 0 Å². The van der Waals surface area contributed by atoms with E-state index in [1.54, 1.807) is 0 Å². The van der Waals surface area contributed by atoms with Crippen molar-refractivity contribution in [3.63, 3.8) is 0 Å². The quantitative estimate of drug-likeness (QED) is 0.515. The summed E-state index contributed by atoms with van der Waals surface area (Å²) in [5, 5.41) is 18.7. The maximum atomic E-state index is 10.1. The summed E-state index contributed by atoms with van der Waals surface area (Å²) in [4.78, 5) is 12.7. The molecule has 0 aliphatic rings.